The Bertz CT molecular complexity index is 2630. The Balaban J connectivity index is 1.42. The number of allylic oxidation sites excluding steroid dienone is 3. The molecule has 12 heteroatoms. The highest BCUT2D eigenvalue weighted by molar-refractivity contribution is 8.29. The van der Waals surface area contributed by atoms with Gasteiger partial charge in [-0.3, -0.25) is 0 Å². The van der Waals surface area contributed by atoms with E-state index in [0.717, 1.165) is 96.2 Å². The van der Waals surface area contributed by atoms with Gasteiger partial charge in [0.1, 0.15) is 26.9 Å². The molecule has 0 radical (unpaired) electrons. The zero-order valence-corrected chi connectivity index (χ0v) is 32.0. The molecule has 0 atom stereocenters. The number of rotatable bonds is 0. The summed E-state index contributed by atoms with van der Waals surface area (Å²) in [6, 6.07) is 31.6. The number of hydrogen-bond donors (Lipinski definition) is 0. The Kier molecular flexibility index (Phi) is 7.61. The average Bonchev–Trinajstić information content (AvgIpc) is 4.06. The summed E-state index contributed by atoms with van der Waals surface area (Å²) in [5.74, 6) is 0. The maximum atomic E-state index is 10.1. The molecule has 6 aliphatic rings. The summed E-state index contributed by atoms with van der Waals surface area (Å²) < 4.78 is 2.57. The van der Waals surface area contributed by atoms with Crippen molar-refractivity contribution in [2.75, 3.05) is 0 Å². The summed E-state index contributed by atoms with van der Waals surface area (Å²) in [6.45, 7) is 23.7. The maximum Gasteiger partial charge on any atom is 0.249 e. The third kappa shape index (κ3) is 4.39. The number of benzene rings is 4. The van der Waals surface area contributed by atoms with Crippen LogP contribution in [0, 0.1) is 53.7 Å². The van der Waals surface area contributed by atoms with E-state index < -0.39 is 0 Å². The van der Waals surface area contributed by atoms with Crippen molar-refractivity contribution in [3.63, 3.8) is 0 Å². The largest absolute Gasteiger partial charge is 0.249 e. The van der Waals surface area contributed by atoms with E-state index in [1.807, 2.05) is 36.4 Å². The lowest BCUT2D eigenvalue weighted by molar-refractivity contribution is 1.50. The molecule has 3 aliphatic carbocycles. The molecule has 0 bridgehead atoms. The van der Waals surface area contributed by atoms with Gasteiger partial charge in [0, 0.05) is 41.9 Å². The van der Waals surface area contributed by atoms with Crippen molar-refractivity contribution >= 4 is 87.3 Å². The Hall–Kier alpha value is -5.64. The van der Waals surface area contributed by atoms with Crippen LogP contribution in [0.3, 0.4) is 0 Å². The van der Waals surface area contributed by atoms with Gasteiger partial charge in [0.05, 0.1) is 30.0 Å². The first-order valence-electron chi connectivity index (χ1n) is 15.9. The molecule has 0 N–H and O–H groups in total. The van der Waals surface area contributed by atoms with Gasteiger partial charge in [0.25, 0.3) is 0 Å². The predicted molar refractivity (Wildman–Crippen MR) is 224 cm³/mol. The van der Waals surface area contributed by atoms with E-state index >= 15 is 0 Å². The van der Waals surface area contributed by atoms with Crippen molar-refractivity contribution in [2.45, 2.75) is 0 Å². The zero-order chi connectivity index (χ0) is 36.8. The van der Waals surface area contributed by atoms with E-state index in [-0.39, 0.29) is 0 Å². The predicted octanol–water partition coefficient (Wildman–Crippen LogP) is 13.1. The van der Waals surface area contributed by atoms with Crippen LogP contribution in [-0.4, -0.2) is 0 Å². The topological polar surface area (TPSA) is 84.4 Å². The lowest BCUT2D eigenvalue weighted by Gasteiger charge is -2.20. The lowest BCUT2D eigenvalue weighted by Crippen LogP contribution is -1.98. The van der Waals surface area contributed by atoms with E-state index in [1.165, 1.54) is 70.6 Å². The van der Waals surface area contributed by atoms with Crippen LogP contribution in [0.5, 0.6) is 0 Å². The van der Waals surface area contributed by atoms with Gasteiger partial charge in [-0.15, -0.1) is 23.5 Å². The van der Waals surface area contributed by atoms with Crippen LogP contribution < -0.4 is 0 Å². The second kappa shape index (κ2) is 12.5. The molecule has 246 valence electrons. The summed E-state index contributed by atoms with van der Waals surface area (Å²) in [7, 11) is 0. The third-order valence-corrected chi connectivity index (χ3v) is 16.8. The molecule has 0 aromatic heterocycles. The molecular weight excluding hydrogens is 781 g/mol. The van der Waals surface area contributed by atoms with E-state index in [9.17, 15) is 15.8 Å². The lowest BCUT2D eigenvalue weighted by atomic mass is 9.84. The molecule has 0 saturated carbocycles. The maximum absolute atomic E-state index is 10.1. The second-order valence-electron chi connectivity index (χ2n) is 12.1. The van der Waals surface area contributed by atoms with Crippen LogP contribution in [0.4, 0.5) is 0 Å². The highest BCUT2D eigenvalue weighted by Gasteiger charge is 2.46. The van der Waals surface area contributed by atoms with Crippen molar-refractivity contribution in [3.8, 4) is 51.6 Å². The summed E-state index contributed by atoms with van der Waals surface area (Å²) in [5, 5.41) is 31.3. The van der Waals surface area contributed by atoms with Gasteiger partial charge < -0.3 is 0 Å². The van der Waals surface area contributed by atoms with Gasteiger partial charge in [-0.1, -0.05) is 120 Å². The number of thioether (sulfide) groups is 6. The molecule has 4 aromatic rings. The molecule has 0 spiro atoms. The molecule has 0 unspecified atom stereocenters. The molecule has 0 saturated heterocycles. The molecule has 4 aromatic carbocycles. The Morgan fingerprint density at radius 2 is 0.667 bits per heavy atom. The smallest absolute Gasteiger partial charge is 0.242 e. The van der Waals surface area contributed by atoms with Crippen LogP contribution >= 0.6 is 70.6 Å². The summed E-state index contributed by atoms with van der Waals surface area (Å²) in [6.07, 6.45) is 0. The van der Waals surface area contributed by atoms with Gasteiger partial charge in [-0.2, -0.15) is 15.8 Å². The van der Waals surface area contributed by atoms with Crippen molar-refractivity contribution in [2.24, 2.45) is 0 Å². The minimum Gasteiger partial charge on any atom is -0.242 e. The summed E-state index contributed by atoms with van der Waals surface area (Å²) >= 11 is 8.01. The third-order valence-electron chi connectivity index (χ3n) is 9.60. The first-order valence-corrected chi connectivity index (χ1v) is 20.8. The SMILES string of the molecule is [C-]#[N+]C1=C(C#N)SC(=C2c3ccccc3-c3c4c(c5c(c32)-c2ccccc2C5=C2SC([N+]#[C-])=C([N+]#[C-])S2)-c2ccccc2C4=C2SC(C#N)=C(C#N)S2)S1. The molecule has 3 aliphatic heterocycles. The average molecular weight is 793 g/mol. The minimum atomic E-state index is 0.355. The normalized spacial score (nSPS) is 18.3. The van der Waals surface area contributed by atoms with Crippen LogP contribution in [0.25, 0.3) is 64.6 Å². The van der Waals surface area contributed by atoms with Crippen molar-refractivity contribution in [3.05, 3.63) is 183 Å². The quantitative estimate of drug-likeness (QED) is 0.139. The number of nitrogens with zero attached hydrogens (tertiary/aromatic N) is 6. The van der Waals surface area contributed by atoms with Crippen LogP contribution in [0.15, 0.2) is 115 Å². The fourth-order valence-corrected chi connectivity index (χ4v) is 14.5. The highest BCUT2D eigenvalue weighted by atomic mass is 32.2. The molecule has 54 heavy (non-hydrogen) atoms. The number of fused-ring (bicyclic) bond motifs is 12. The molecule has 0 amide bonds. The van der Waals surface area contributed by atoms with Crippen molar-refractivity contribution in [1.29, 1.82) is 15.8 Å². The van der Waals surface area contributed by atoms with Crippen LogP contribution in [0.2, 0.25) is 0 Å². The molecule has 3 heterocycles. The van der Waals surface area contributed by atoms with Gasteiger partial charge in [-0.05, 0) is 50.1 Å². The van der Waals surface area contributed by atoms with Gasteiger partial charge >= 0.3 is 0 Å². The fourth-order valence-electron chi connectivity index (χ4n) is 7.72. The number of nitriles is 3. The van der Waals surface area contributed by atoms with Crippen molar-refractivity contribution in [1.82, 2.24) is 0 Å². The molecule has 6 nitrogen and oxygen atoms in total. The van der Waals surface area contributed by atoms with Crippen LogP contribution in [-0.2, 0) is 0 Å². The Morgan fingerprint density at radius 1 is 0.370 bits per heavy atom. The molecule has 10 rings (SSSR count). The standard InChI is InChI=1S/C42H12N6S6/c1-46-37-27(18-45)51-41(52-37)32-23-14-8-5-11-20(23)28-34-29(19-10-4-7-13-22(19)31(34)40-49-25(16-43)26(17-44)50-40)36-30(35(28)32)21-12-6-9-15-24(21)33(36)42-53-38(47-2)39(48-3)54-42/h4-15H. The second-order valence-corrected chi connectivity index (χ2v) is 18.9. The molecular formula is C42H12N6S6. The van der Waals surface area contributed by atoms with E-state index in [1.54, 1.807) is 0 Å². The zero-order valence-electron chi connectivity index (χ0n) is 27.1. The van der Waals surface area contributed by atoms with Crippen molar-refractivity contribution < 1.29 is 0 Å². The first-order chi connectivity index (χ1) is 26.5. The van der Waals surface area contributed by atoms with Gasteiger partial charge in [0.2, 0.25) is 15.1 Å². The highest BCUT2D eigenvalue weighted by Crippen LogP contribution is 2.69. The number of hydrogen-bond acceptors (Lipinski definition) is 9. The monoisotopic (exact) mass is 792 g/mol. The van der Waals surface area contributed by atoms with E-state index in [0.29, 0.717) is 29.8 Å². The summed E-state index contributed by atoms with van der Waals surface area (Å²) in [4.78, 5) is 12.3. The Labute approximate surface area is 335 Å². The molecule has 0 fully saturated rings. The fraction of sp³-hybridized carbons (Fsp3) is 0. The first kappa shape index (κ1) is 33.0. The van der Waals surface area contributed by atoms with E-state index in [4.69, 9.17) is 19.7 Å². The van der Waals surface area contributed by atoms with E-state index in [2.05, 4.69) is 69.1 Å². The Morgan fingerprint density at radius 3 is 1.00 bits per heavy atom. The van der Waals surface area contributed by atoms with Gasteiger partial charge in [-0.25, -0.2) is 14.5 Å². The van der Waals surface area contributed by atoms with Crippen LogP contribution in [0.1, 0.15) is 33.4 Å². The van der Waals surface area contributed by atoms with Gasteiger partial charge in [0.15, 0.2) is 0 Å². The minimum absolute atomic E-state index is 0.355. The summed E-state index contributed by atoms with van der Waals surface area (Å²) in [5.41, 5.74) is 15.0.